The number of nitrogens with one attached hydrogen (secondary N) is 1. The quantitative estimate of drug-likeness (QED) is 0.866. The van der Waals surface area contributed by atoms with E-state index < -0.39 is 0 Å². The number of thiazole rings is 1. The zero-order valence-corrected chi connectivity index (χ0v) is 14.1. The number of halogens is 1. The molecular formula is C15H20BrN3S. The van der Waals surface area contributed by atoms with Gasteiger partial charge in [-0.3, -0.25) is 0 Å². The van der Waals surface area contributed by atoms with Crippen molar-refractivity contribution in [1.29, 1.82) is 0 Å². The molecule has 3 rings (SSSR count). The fourth-order valence-electron chi connectivity index (χ4n) is 2.84. The van der Waals surface area contributed by atoms with Gasteiger partial charge in [-0.1, -0.05) is 40.1 Å². The number of nitrogens with zero attached hydrogens (tertiary/aromatic N) is 2. The van der Waals surface area contributed by atoms with Crippen LogP contribution in [0.25, 0.3) is 10.2 Å². The summed E-state index contributed by atoms with van der Waals surface area (Å²) in [5.74, 6) is 0. The van der Waals surface area contributed by atoms with Gasteiger partial charge in [0.05, 0.1) is 10.2 Å². The van der Waals surface area contributed by atoms with Gasteiger partial charge in [0.15, 0.2) is 5.13 Å². The fraction of sp³-hybridized carbons (Fsp3) is 0.533. The summed E-state index contributed by atoms with van der Waals surface area (Å²) in [5, 5.41) is 4.48. The first-order valence-electron chi connectivity index (χ1n) is 7.22. The lowest BCUT2D eigenvalue weighted by atomic mass is 10.2. The summed E-state index contributed by atoms with van der Waals surface area (Å²) in [6.45, 7) is 2.05. The highest BCUT2D eigenvalue weighted by atomic mass is 79.9. The van der Waals surface area contributed by atoms with E-state index in [9.17, 15) is 0 Å². The fourth-order valence-corrected chi connectivity index (χ4v) is 4.28. The zero-order valence-electron chi connectivity index (χ0n) is 11.7. The molecule has 108 valence electrons. The topological polar surface area (TPSA) is 28.2 Å². The van der Waals surface area contributed by atoms with E-state index in [4.69, 9.17) is 0 Å². The summed E-state index contributed by atoms with van der Waals surface area (Å²) in [7, 11) is 2.24. The van der Waals surface area contributed by atoms with Crippen LogP contribution in [0, 0.1) is 0 Å². The van der Waals surface area contributed by atoms with E-state index >= 15 is 0 Å². The molecule has 1 N–H and O–H groups in total. The Balaban J connectivity index is 1.54. The Hall–Kier alpha value is -0.650. The van der Waals surface area contributed by atoms with Crippen LogP contribution in [0.3, 0.4) is 0 Å². The third-order valence-corrected chi connectivity index (χ3v) is 5.51. The van der Waals surface area contributed by atoms with Crippen molar-refractivity contribution in [3.8, 4) is 0 Å². The molecule has 1 aliphatic carbocycles. The maximum Gasteiger partial charge on any atom is 0.183 e. The molecule has 0 radical (unpaired) electrons. The molecule has 0 saturated heterocycles. The molecule has 1 aromatic carbocycles. The molecule has 0 amide bonds. The molecule has 1 aliphatic rings. The van der Waals surface area contributed by atoms with Crippen LogP contribution in [0.2, 0.25) is 0 Å². The molecule has 0 unspecified atom stereocenters. The third-order valence-electron chi connectivity index (χ3n) is 4.04. The minimum absolute atomic E-state index is 0.795. The van der Waals surface area contributed by atoms with E-state index in [1.807, 2.05) is 6.07 Å². The van der Waals surface area contributed by atoms with Crippen molar-refractivity contribution in [3.05, 3.63) is 22.7 Å². The first-order valence-corrected chi connectivity index (χ1v) is 8.83. The third kappa shape index (κ3) is 3.32. The number of likely N-dealkylation sites (N-methyl/N-ethyl adjacent to an activating group) is 1. The van der Waals surface area contributed by atoms with Crippen LogP contribution in [0.1, 0.15) is 25.7 Å². The minimum atomic E-state index is 0.795. The molecule has 1 heterocycles. The van der Waals surface area contributed by atoms with Crippen molar-refractivity contribution in [3.63, 3.8) is 0 Å². The van der Waals surface area contributed by atoms with Gasteiger partial charge in [0, 0.05) is 23.6 Å². The number of fused-ring (bicyclic) bond motifs is 1. The summed E-state index contributed by atoms with van der Waals surface area (Å²) in [6.07, 6.45) is 5.53. The second-order valence-corrected chi connectivity index (χ2v) is 7.42. The van der Waals surface area contributed by atoms with Crippen LogP contribution in [0.15, 0.2) is 22.7 Å². The average molecular weight is 354 g/mol. The maximum absolute atomic E-state index is 4.62. The van der Waals surface area contributed by atoms with Crippen molar-refractivity contribution in [1.82, 2.24) is 9.88 Å². The van der Waals surface area contributed by atoms with Gasteiger partial charge in [-0.2, -0.15) is 0 Å². The molecule has 3 nitrogen and oxygen atoms in total. The average Bonchev–Trinajstić information content (AvgIpc) is 3.06. The molecule has 2 aromatic rings. The van der Waals surface area contributed by atoms with Gasteiger partial charge in [-0.05, 0) is 38.1 Å². The largest absolute Gasteiger partial charge is 0.360 e. The maximum atomic E-state index is 4.62. The van der Waals surface area contributed by atoms with Crippen molar-refractivity contribution in [2.45, 2.75) is 31.7 Å². The van der Waals surface area contributed by atoms with Gasteiger partial charge >= 0.3 is 0 Å². The van der Waals surface area contributed by atoms with Crippen molar-refractivity contribution < 1.29 is 0 Å². The number of benzene rings is 1. The Morgan fingerprint density at radius 3 is 3.00 bits per heavy atom. The Labute approximate surface area is 132 Å². The van der Waals surface area contributed by atoms with Crippen LogP contribution in [0.5, 0.6) is 0 Å². The molecule has 0 spiro atoms. The standard InChI is InChI=1S/C15H20BrN3S/c1-19(12-4-2-3-5-12)9-8-17-15-18-13-7-6-11(16)10-14(13)20-15/h6-7,10,12H,2-5,8-9H2,1H3,(H,17,18). The molecule has 1 fully saturated rings. The first-order chi connectivity index (χ1) is 9.72. The summed E-state index contributed by atoms with van der Waals surface area (Å²) in [6, 6.07) is 7.03. The monoisotopic (exact) mass is 353 g/mol. The number of rotatable bonds is 5. The second-order valence-electron chi connectivity index (χ2n) is 5.48. The Morgan fingerprint density at radius 2 is 2.20 bits per heavy atom. The van der Waals surface area contributed by atoms with E-state index in [-0.39, 0.29) is 0 Å². The lowest BCUT2D eigenvalue weighted by Gasteiger charge is -2.23. The van der Waals surface area contributed by atoms with Crippen LogP contribution in [-0.4, -0.2) is 36.1 Å². The zero-order chi connectivity index (χ0) is 13.9. The molecule has 0 bridgehead atoms. The van der Waals surface area contributed by atoms with Crippen molar-refractivity contribution >= 4 is 42.6 Å². The van der Waals surface area contributed by atoms with E-state index in [2.05, 4.69) is 50.3 Å². The van der Waals surface area contributed by atoms with Gasteiger partial charge in [0.1, 0.15) is 0 Å². The predicted molar refractivity (Wildman–Crippen MR) is 90.7 cm³/mol. The van der Waals surface area contributed by atoms with E-state index in [1.165, 1.54) is 30.4 Å². The number of hydrogen-bond acceptors (Lipinski definition) is 4. The molecule has 1 aromatic heterocycles. The number of hydrogen-bond donors (Lipinski definition) is 1. The number of aromatic nitrogens is 1. The van der Waals surface area contributed by atoms with E-state index in [1.54, 1.807) is 11.3 Å². The van der Waals surface area contributed by atoms with E-state index in [0.717, 1.165) is 34.3 Å². The molecule has 20 heavy (non-hydrogen) atoms. The highest BCUT2D eigenvalue weighted by Crippen LogP contribution is 2.28. The molecule has 0 aliphatic heterocycles. The van der Waals surface area contributed by atoms with Crippen LogP contribution >= 0.6 is 27.3 Å². The van der Waals surface area contributed by atoms with Gasteiger partial charge in [-0.25, -0.2) is 4.98 Å². The highest BCUT2D eigenvalue weighted by molar-refractivity contribution is 9.10. The normalized spacial score (nSPS) is 16.4. The minimum Gasteiger partial charge on any atom is -0.360 e. The van der Waals surface area contributed by atoms with Crippen LogP contribution in [-0.2, 0) is 0 Å². The Morgan fingerprint density at radius 1 is 1.40 bits per heavy atom. The Bertz CT molecular complexity index is 578. The van der Waals surface area contributed by atoms with Crippen LogP contribution in [0.4, 0.5) is 5.13 Å². The molecule has 0 atom stereocenters. The smallest absolute Gasteiger partial charge is 0.183 e. The molecule has 5 heteroatoms. The van der Waals surface area contributed by atoms with Gasteiger partial charge in [0.2, 0.25) is 0 Å². The van der Waals surface area contributed by atoms with Gasteiger partial charge in [-0.15, -0.1) is 0 Å². The molecule has 1 saturated carbocycles. The highest BCUT2D eigenvalue weighted by Gasteiger charge is 2.18. The van der Waals surface area contributed by atoms with E-state index in [0.29, 0.717) is 0 Å². The van der Waals surface area contributed by atoms with Gasteiger partial charge < -0.3 is 10.2 Å². The lowest BCUT2D eigenvalue weighted by molar-refractivity contribution is 0.254. The lowest BCUT2D eigenvalue weighted by Crippen LogP contribution is -2.33. The molecular weight excluding hydrogens is 334 g/mol. The van der Waals surface area contributed by atoms with Crippen molar-refractivity contribution in [2.24, 2.45) is 0 Å². The second kappa shape index (κ2) is 6.41. The predicted octanol–water partition coefficient (Wildman–Crippen LogP) is 4.35. The number of anilines is 1. The van der Waals surface area contributed by atoms with Crippen LogP contribution < -0.4 is 5.32 Å². The summed E-state index contributed by atoms with van der Waals surface area (Å²) < 4.78 is 2.34. The van der Waals surface area contributed by atoms with Crippen molar-refractivity contribution in [2.75, 3.05) is 25.5 Å². The first kappa shape index (κ1) is 14.3. The van der Waals surface area contributed by atoms with Gasteiger partial charge in [0.25, 0.3) is 0 Å². The SMILES string of the molecule is CN(CCNc1nc2ccc(Br)cc2s1)C1CCCC1. The summed E-state index contributed by atoms with van der Waals surface area (Å²) >= 11 is 5.23. The Kier molecular flexibility index (Phi) is 4.58. The summed E-state index contributed by atoms with van der Waals surface area (Å²) in [4.78, 5) is 7.11. The summed E-state index contributed by atoms with van der Waals surface area (Å²) in [5.41, 5.74) is 1.07.